The molecule has 5 nitrogen and oxygen atoms in total. The molecule has 1 saturated heterocycles. The predicted molar refractivity (Wildman–Crippen MR) is 120 cm³/mol. The first kappa shape index (κ1) is 23.4. The number of likely N-dealkylation sites (tertiary alicyclic amines) is 1. The van der Waals surface area contributed by atoms with E-state index in [2.05, 4.69) is 27.5 Å². The van der Waals surface area contributed by atoms with Gasteiger partial charge in [0.2, 0.25) is 0 Å². The van der Waals surface area contributed by atoms with Crippen LogP contribution in [0.25, 0.3) is 0 Å². The summed E-state index contributed by atoms with van der Waals surface area (Å²) in [4.78, 5) is 2.54. The van der Waals surface area contributed by atoms with E-state index < -0.39 is 10.1 Å². The monoisotopic (exact) mass is 539 g/mol. The largest absolute Gasteiger partial charge is 0.373 e. The van der Waals surface area contributed by atoms with Crippen LogP contribution in [0.1, 0.15) is 36.8 Å². The molecule has 1 aromatic carbocycles. The number of alkyl halides is 1. The van der Waals surface area contributed by atoms with Gasteiger partial charge < -0.3 is 4.74 Å². The van der Waals surface area contributed by atoms with Crippen molar-refractivity contribution >= 4 is 32.7 Å². The smallest absolute Gasteiger partial charge is 0.264 e. The van der Waals surface area contributed by atoms with Gasteiger partial charge in [-0.25, -0.2) is 4.39 Å². The second kappa shape index (κ2) is 10.3. The number of nitrogens with zero attached hydrogens (tertiary/aromatic N) is 1. The summed E-state index contributed by atoms with van der Waals surface area (Å²) in [5.74, 6) is 0.678. The molecule has 29 heavy (non-hydrogen) atoms. The predicted octanol–water partition coefficient (Wildman–Crippen LogP) is 3.92. The maximum atomic E-state index is 14.1. The third-order valence-corrected chi connectivity index (χ3v) is 7.27. The first-order chi connectivity index (χ1) is 13.8. The van der Waals surface area contributed by atoms with Crippen molar-refractivity contribution in [1.82, 2.24) is 4.90 Å². The summed E-state index contributed by atoms with van der Waals surface area (Å²) in [6.45, 7) is 4.52. The van der Waals surface area contributed by atoms with Gasteiger partial charge in [0.05, 0.1) is 25.6 Å². The third-order valence-electron chi connectivity index (χ3n) is 6.08. The minimum Gasteiger partial charge on any atom is -0.373 e. The van der Waals surface area contributed by atoms with E-state index in [1.807, 2.05) is 13.0 Å². The van der Waals surface area contributed by atoms with Crippen LogP contribution in [0.5, 0.6) is 0 Å². The number of ether oxygens (including phenoxy) is 1. The fourth-order valence-electron chi connectivity index (χ4n) is 4.18. The molecule has 0 spiro atoms. The van der Waals surface area contributed by atoms with Gasteiger partial charge in [0, 0.05) is 29.1 Å². The number of rotatable bonds is 10. The van der Waals surface area contributed by atoms with Gasteiger partial charge in [0.15, 0.2) is 0 Å². The molecule has 0 bridgehead atoms. The van der Waals surface area contributed by atoms with Crippen LogP contribution in [0.3, 0.4) is 0 Å². The highest BCUT2D eigenvalue weighted by Gasteiger charge is 2.41. The Labute approximate surface area is 187 Å². The summed E-state index contributed by atoms with van der Waals surface area (Å²) in [5, 5.41) is 0. The Hall–Kier alpha value is -0.290. The van der Waals surface area contributed by atoms with Gasteiger partial charge >= 0.3 is 0 Å². The number of piperidine rings is 1. The van der Waals surface area contributed by atoms with Gasteiger partial charge in [-0.1, -0.05) is 34.7 Å². The zero-order valence-electron chi connectivity index (χ0n) is 17.1. The van der Waals surface area contributed by atoms with E-state index >= 15 is 0 Å². The summed E-state index contributed by atoms with van der Waals surface area (Å²) in [6.07, 6.45) is 5.32. The van der Waals surface area contributed by atoms with Crippen LogP contribution in [0, 0.1) is 24.6 Å². The molecule has 0 radical (unpaired) electrons. The Bertz CT molecular complexity index is 771. The van der Waals surface area contributed by atoms with E-state index in [4.69, 9.17) is 8.92 Å². The average molecular weight is 539 g/mol. The number of benzene rings is 1. The fourth-order valence-corrected chi connectivity index (χ4v) is 5.32. The maximum absolute atomic E-state index is 14.1. The van der Waals surface area contributed by atoms with Crippen LogP contribution in [0.4, 0.5) is 4.39 Å². The summed E-state index contributed by atoms with van der Waals surface area (Å²) in [5.41, 5.74) is 1.59. The van der Waals surface area contributed by atoms with Crippen LogP contribution in [0.2, 0.25) is 0 Å². The molecule has 1 aliphatic carbocycles. The number of halogens is 2. The fraction of sp³-hybridized carbons (Fsp3) is 0.714. The second-order valence-electron chi connectivity index (χ2n) is 8.36. The summed E-state index contributed by atoms with van der Waals surface area (Å²) >= 11 is 2.42. The van der Waals surface area contributed by atoms with Crippen LogP contribution < -0.4 is 0 Å². The molecule has 0 N–H and O–H groups in total. The Kier molecular flexibility index (Phi) is 8.34. The molecule has 2 aliphatic rings. The molecule has 8 heteroatoms. The topological polar surface area (TPSA) is 55.8 Å². The quantitative estimate of drug-likeness (QED) is 0.257. The molecule has 1 aromatic rings. The highest BCUT2D eigenvalue weighted by atomic mass is 127. The van der Waals surface area contributed by atoms with E-state index in [0.717, 1.165) is 55.0 Å². The molecule has 2 unspecified atom stereocenters. The molecular weight excluding hydrogens is 508 g/mol. The Morgan fingerprint density at radius 1 is 1.28 bits per heavy atom. The summed E-state index contributed by atoms with van der Waals surface area (Å²) in [6, 6.07) is 5.61. The van der Waals surface area contributed by atoms with E-state index in [-0.39, 0.29) is 11.9 Å². The molecule has 1 saturated carbocycles. The molecular formula is C21H31FINO4S. The van der Waals surface area contributed by atoms with Crippen molar-refractivity contribution in [2.45, 2.75) is 51.4 Å². The molecule has 1 aliphatic heterocycles. The molecule has 164 valence electrons. The Balaban J connectivity index is 1.48. The van der Waals surface area contributed by atoms with Crippen molar-refractivity contribution in [2.24, 2.45) is 11.8 Å². The van der Waals surface area contributed by atoms with Crippen molar-refractivity contribution in [3.8, 4) is 0 Å². The number of hydrogen-bond donors (Lipinski definition) is 0. The molecule has 2 fully saturated rings. The van der Waals surface area contributed by atoms with Crippen LogP contribution in [0.15, 0.2) is 18.2 Å². The Morgan fingerprint density at radius 2 is 2.07 bits per heavy atom. The summed E-state index contributed by atoms with van der Waals surface area (Å²) < 4.78 is 48.6. The molecule has 0 amide bonds. The lowest BCUT2D eigenvalue weighted by atomic mass is 9.96. The van der Waals surface area contributed by atoms with Crippen LogP contribution in [-0.2, 0) is 25.6 Å². The zero-order chi connectivity index (χ0) is 21.0. The van der Waals surface area contributed by atoms with Gasteiger partial charge in [-0.15, -0.1) is 0 Å². The van der Waals surface area contributed by atoms with E-state index in [9.17, 15) is 12.8 Å². The maximum Gasteiger partial charge on any atom is 0.264 e. The standard InChI is InChI=1S/C21H31FINO4S/c1-15-4-3-5-21(22)20(15)14-27-19-7-9-24(18(11-19)6-8-23)12-16-10-17(16)13-28-29(2,25)26/h3-5,16-19H,6-14H2,1-2H3/t16-,17-,18?,19?/m0/s1. The molecule has 4 atom stereocenters. The number of hydrogen-bond acceptors (Lipinski definition) is 5. The van der Waals surface area contributed by atoms with Crippen LogP contribution >= 0.6 is 22.6 Å². The van der Waals surface area contributed by atoms with E-state index in [1.165, 1.54) is 6.07 Å². The minimum absolute atomic E-state index is 0.154. The molecule has 1 heterocycles. The minimum atomic E-state index is -3.36. The lowest BCUT2D eigenvalue weighted by Gasteiger charge is -2.39. The van der Waals surface area contributed by atoms with E-state index in [1.54, 1.807) is 6.07 Å². The lowest BCUT2D eigenvalue weighted by Crippen LogP contribution is -2.46. The van der Waals surface area contributed by atoms with Gasteiger partial charge in [0.1, 0.15) is 5.82 Å². The SMILES string of the molecule is Cc1cccc(F)c1COC1CCN(C[C@@H]2C[C@H]2COS(C)(=O)=O)C(CCI)C1. The van der Waals surface area contributed by atoms with Crippen molar-refractivity contribution in [3.05, 3.63) is 35.1 Å². The Morgan fingerprint density at radius 3 is 2.76 bits per heavy atom. The lowest BCUT2D eigenvalue weighted by molar-refractivity contribution is -0.0269. The van der Waals surface area contributed by atoms with Crippen molar-refractivity contribution in [1.29, 1.82) is 0 Å². The molecule has 0 aromatic heterocycles. The highest BCUT2D eigenvalue weighted by Crippen LogP contribution is 2.41. The zero-order valence-corrected chi connectivity index (χ0v) is 20.1. The third kappa shape index (κ3) is 7.12. The number of aryl methyl sites for hydroxylation is 1. The van der Waals surface area contributed by atoms with Gasteiger partial charge in [0.25, 0.3) is 10.1 Å². The van der Waals surface area contributed by atoms with Crippen molar-refractivity contribution < 1.29 is 21.7 Å². The van der Waals surface area contributed by atoms with E-state index in [0.29, 0.717) is 36.7 Å². The normalized spacial score (nSPS) is 27.9. The van der Waals surface area contributed by atoms with Crippen molar-refractivity contribution in [3.63, 3.8) is 0 Å². The van der Waals surface area contributed by atoms with Gasteiger partial charge in [-0.2, -0.15) is 8.42 Å². The van der Waals surface area contributed by atoms with Gasteiger partial charge in [-0.3, -0.25) is 9.08 Å². The van der Waals surface area contributed by atoms with Gasteiger partial charge in [-0.05, 0) is 56.1 Å². The first-order valence-corrected chi connectivity index (χ1v) is 13.6. The van der Waals surface area contributed by atoms with Crippen molar-refractivity contribution in [2.75, 3.05) is 30.4 Å². The second-order valence-corrected chi connectivity index (χ2v) is 11.1. The summed E-state index contributed by atoms with van der Waals surface area (Å²) in [7, 11) is -3.36. The average Bonchev–Trinajstić information content (AvgIpc) is 3.39. The van der Waals surface area contributed by atoms with Crippen LogP contribution in [-0.4, -0.2) is 55.8 Å². The first-order valence-electron chi connectivity index (χ1n) is 10.3. The molecule has 3 rings (SSSR count). The highest BCUT2D eigenvalue weighted by molar-refractivity contribution is 14.1.